The number of hydrogen-bond donors (Lipinski definition) is 2. The zero-order chi connectivity index (χ0) is 21.0. The summed E-state index contributed by atoms with van der Waals surface area (Å²) >= 11 is 0. The second-order valence-electron chi connectivity index (χ2n) is 6.43. The van der Waals surface area contributed by atoms with E-state index < -0.39 is 15.9 Å². The average Bonchev–Trinajstić information content (AvgIpc) is 3.12. The molecule has 1 aliphatic heterocycles. The third-order valence-electron chi connectivity index (χ3n) is 4.28. The molecule has 0 radical (unpaired) electrons. The SMILES string of the molecule is CS(=O)(=O)N(CCCC(=O)Nc1ccccc1C(N)=O)c1ccc2c(c1)OCO2. The minimum absolute atomic E-state index is 0.0592. The summed E-state index contributed by atoms with van der Waals surface area (Å²) in [6, 6.07) is 11.3. The van der Waals surface area contributed by atoms with Crippen molar-refractivity contribution in [1.29, 1.82) is 0 Å². The monoisotopic (exact) mass is 419 g/mol. The number of sulfonamides is 1. The molecule has 1 heterocycles. The van der Waals surface area contributed by atoms with E-state index in [1.165, 1.54) is 10.4 Å². The normalized spacial score (nSPS) is 12.4. The quantitative estimate of drug-likeness (QED) is 0.670. The van der Waals surface area contributed by atoms with Crippen molar-refractivity contribution in [1.82, 2.24) is 0 Å². The number of anilines is 2. The van der Waals surface area contributed by atoms with Crippen molar-refractivity contribution in [3.8, 4) is 11.5 Å². The number of benzene rings is 2. The molecule has 0 atom stereocenters. The van der Waals surface area contributed by atoms with Crippen LogP contribution >= 0.6 is 0 Å². The number of ether oxygens (including phenoxy) is 2. The van der Waals surface area contributed by atoms with E-state index in [-0.39, 0.29) is 37.6 Å². The molecule has 0 saturated heterocycles. The summed E-state index contributed by atoms with van der Waals surface area (Å²) in [5, 5.41) is 2.63. The first-order valence-electron chi connectivity index (χ1n) is 8.82. The second-order valence-corrected chi connectivity index (χ2v) is 8.34. The highest BCUT2D eigenvalue weighted by Crippen LogP contribution is 2.36. The lowest BCUT2D eigenvalue weighted by molar-refractivity contribution is -0.116. The van der Waals surface area contributed by atoms with Crippen molar-refractivity contribution in [2.24, 2.45) is 5.73 Å². The van der Waals surface area contributed by atoms with E-state index in [1.807, 2.05) is 0 Å². The summed E-state index contributed by atoms with van der Waals surface area (Å²) in [5.74, 6) is 0.0245. The lowest BCUT2D eigenvalue weighted by Gasteiger charge is -2.22. The van der Waals surface area contributed by atoms with E-state index >= 15 is 0 Å². The number of carbonyl (C=O) groups is 2. The van der Waals surface area contributed by atoms with Crippen LogP contribution in [-0.4, -0.2) is 39.8 Å². The molecule has 0 bridgehead atoms. The van der Waals surface area contributed by atoms with Crippen molar-refractivity contribution < 1.29 is 27.5 Å². The number of primary amides is 1. The van der Waals surface area contributed by atoms with Gasteiger partial charge in [0.2, 0.25) is 22.7 Å². The Hall–Kier alpha value is -3.27. The summed E-state index contributed by atoms with van der Waals surface area (Å²) < 4.78 is 36.2. The molecule has 0 saturated carbocycles. The molecule has 9 nitrogen and oxygen atoms in total. The summed E-state index contributed by atoms with van der Waals surface area (Å²) in [6.45, 7) is 0.188. The molecule has 3 rings (SSSR count). The fourth-order valence-corrected chi connectivity index (χ4v) is 3.89. The van der Waals surface area contributed by atoms with Gasteiger partial charge in [-0.15, -0.1) is 0 Å². The van der Waals surface area contributed by atoms with Gasteiger partial charge in [-0.2, -0.15) is 0 Å². The maximum absolute atomic E-state index is 12.2. The number of para-hydroxylation sites is 1. The van der Waals surface area contributed by atoms with Crippen LogP contribution in [0, 0.1) is 0 Å². The molecule has 0 aliphatic carbocycles. The fraction of sp³-hybridized carbons (Fsp3) is 0.263. The molecule has 3 N–H and O–H groups in total. The van der Waals surface area contributed by atoms with Gasteiger partial charge in [0.25, 0.3) is 5.91 Å². The predicted molar refractivity (Wildman–Crippen MR) is 108 cm³/mol. The Morgan fingerprint density at radius 3 is 2.59 bits per heavy atom. The molecule has 2 amide bonds. The second kappa shape index (κ2) is 8.39. The van der Waals surface area contributed by atoms with Crippen molar-refractivity contribution in [3.63, 3.8) is 0 Å². The maximum atomic E-state index is 12.2. The smallest absolute Gasteiger partial charge is 0.250 e. The van der Waals surface area contributed by atoms with Crippen LogP contribution in [-0.2, 0) is 14.8 Å². The fourth-order valence-electron chi connectivity index (χ4n) is 2.93. The Kier molecular flexibility index (Phi) is 5.92. The van der Waals surface area contributed by atoms with Crippen molar-refractivity contribution in [3.05, 3.63) is 48.0 Å². The van der Waals surface area contributed by atoms with Crippen LogP contribution in [0.5, 0.6) is 11.5 Å². The first kappa shape index (κ1) is 20.5. The van der Waals surface area contributed by atoms with Crippen molar-refractivity contribution >= 4 is 33.2 Å². The average molecular weight is 419 g/mol. The lowest BCUT2D eigenvalue weighted by Crippen LogP contribution is -2.31. The molecular weight excluding hydrogens is 398 g/mol. The van der Waals surface area contributed by atoms with Crippen LogP contribution < -0.4 is 24.8 Å². The summed E-state index contributed by atoms with van der Waals surface area (Å²) in [7, 11) is -3.57. The molecule has 0 fully saturated rings. The zero-order valence-electron chi connectivity index (χ0n) is 15.8. The van der Waals surface area contributed by atoms with Gasteiger partial charge in [-0.1, -0.05) is 12.1 Å². The molecular formula is C19H21N3O6S. The molecule has 2 aromatic carbocycles. The molecule has 0 spiro atoms. The highest BCUT2D eigenvalue weighted by molar-refractivity contribution is 7.92. The van der Waals surface area contributed by atoms with Gasteiger partial charge in [-0.25, -0.2) is 8.42 Å². The molecule has 10 heteroatoms. The van der Waals surface area contributed by atoms with Crippen LogP contribution in [0.3, 0.4) is 0 Å². The molecule has 154 valence electrons. The van der Waals surface area contributed by atoms with Gasteiger partial charge >= 0.3 is 0 Å². The molecule has 1 aliphatic rings. The van der Waals surface area contributed by atoms with E-state index in [0.717, 1.165) is 6.26 Å². The Bertz CT molecular complexity index is 1040. The number of carbonyl (C=O) groups excluding carboxylic acids is 2. The Labute approximate surface area is 168 Å². The van der Waals surface area contributed by atoms with Crippen LogP contribution in [0.25, 0.3) is 0 Å². The van der Waals surface area contributed by atoms with Crippen LogP contribution in [0.2, 0.25) is 0 Å². The molecule has 29 heavy (non-hydrogen) atoms. The van der Waals surface area contributed by atoms with Gasteiger partial charge in [0, 0.05) is 19.0 Å². The Morgan fingerprint density at radius 1 is 1.14 bits per heavy atom. The number of nitrogens with zero attached hydrogens (tertiary/aromatic N) is 1. The third kappa shape index (κ3) is 4.96. The maximum Gasteiger partial charge on any atom is 0.250 e. The number of amides is 2. The third-order valence-corrected chi connectivity index (χ3v) is 5.47. The number of nitrogens with one attached hydrogen (secondary N) is 1. The standard InChI is InChI=1S/C19H21N3O6S/c1-29(25,26)22(13-8-9-16-17(11-13)28-12-27-16)10-4-7-18(23)21-15-6-3-2-5-14(15)19(20)24/h2-3,5-6,8-9,11H,4,7,10,12H2,1H3,(H2,20,24)(H,21,23). The number of rotatable bonds is 8. The van der Waals surface area contributed by atoms with Crippen molar-refractivity contribution in [2.75, 3.05) is 29.2 Å². The van der Waals surface area contributed by atoms with Gasteiger partial charge in [0.05, 0.1) is 23.2 Å². The van der Waals surface area contributed by atoms with Crippen LogP contribution in [0.15, 0.2) is 42.5 Å². The van der Waals surface area contributed by atoms with Crippen LogP contribution in [0.4, 0.5) is 11.4 Å². The zero-order valence-corrected chi connectivity index (χ0v) is 16.6. The van der Waals surface area contributed by atoms with E-state index in [0.29, 0.717) is 22.9 Å². The summed E-state index contributed by atoms with van der Waals surface area (Å²) in [4.78, 5) is 23.7. The van der Waals surface area contributed by atoms with E-state index in [1.54, 1.807) is 36.4 Å². The first-order chi connectivity index (χ1) is 13.8. The molecule has 0 unspecified atom stereocenters. The summed E-state index contributed by atoms with van der Waals surface area (Å²) in [5.41, 5.74) is 6.25. The van der Waals surface area contributed by atoms with Gasteiger partial charge in [-0.3, -0.25) is 13.9 Å². The van der Waals surface area contributed by atoms with Gasteiger partial charge in [-0.05, 0) is 30.7 Å². The minimum atomic E-state index is -3.57. The van der Waals surface area contributed by atoms with Crippen molar-refractivity contribution in [2.45, 2.75) is 12.8 Å². The molecule has 0 aromatic heterocycles. The predicted octanol–water partition coefficient (Wildman–Crippen LogP) is 1.70. The van der Waals surface area contributed by atoms with Gasteiger partial charge in [0.15, 0.2) is 11.5 Å². The van der Waals surface area contributed by atoms with E-state index in [2.05, 4.69) is 5.32 Å². The molecule has 2 aromatic rings. The Balaban J connectivity index is 1.64. The highest BCUT2D eigenvalue weighted by Gasteiger charge is 2.21. The van der Waals surface area contributed by atoms with E-state index in [9.17, 15) is 18.0 Å². The Morgan fingerprint density at radius 2 is 1.86 bits per heavy atom. The van der Waals surface area contributed by atoms with E-state index in [4.69, 9.17) is 15.2 Å². The topological polar surface area (TPSA) is 128 Å². The number of fused-ring (bicyclic) bond motifs is 1. The highest BCUT2D eigenvalue weighted by atomic mass is 32.2. The number of nitrogens with two attached hydrogens (primary N) is 1. The number of hydrogen-bond acceptors (Lipinski definition) is 6. The summed E-state index contributed by atoms with van der Waals surface area (Å²) in [6.07, 6.45) is 1.43. The lowest BCUT2D eigenvalue weighted by atomic mass is 10.1. The van der Waals surface area contributed by atoms with Gasteiger partial charge in [0.1, 0.15) is 0 Å². The largest absolute Gasteiger partial charge is 0.454 e. The van der Waals surface area contributed by atoms with Crippen LogP contribution in [0.1, 0.15) is 23.2 Å². The first-order valence-corrected chi connectivity index (χ1v) is 10.7. The van der Waals surface area contributed by atoms with Gasteiger partial charge < -0.3 is 20.5 Å². The minimum Gasteiger partial charge on any atom is -0.454 e.